The van der Waals surface area contributed by atoms with E-state index in [0.29, 0.717) is 12.2 Å². The van der Waals surface area contributed by atoms with Crippen LogP contribution < -0.4 is 15.8 Å². The fourth-order valence-corrected chi connectivity index (χ4v) is 3.36. The second-order valence-corrected chi connectivity index (χ2v) is 7.22. The molecular weight excluding hydrogens is 294 g/mol. The van der Waals surface area contributed by atoms with Crippen molar-refractivity contribution >= 4 is 32.7 Å². The molecule has 5 nitrogen and oxygen atoms in total. The highest BCUT2D eigenvalue weighted by Crippen LogP contribution is 2.24. The molecule has 0 spiro atoms. The SMILES string of the molecule is CNS(=O)(=O)c1ccc(NCc2sccc2C)c(N)c1. The maximum atomic E-state index is 11.7. The first-order valence-corrected chi connectivity index (χ1v) is 8.40. The lowest BCUT2D eigenvalue weighted by atomic mass is 10.2. The van der Waals surface area contributed by atoms with Gasteiger partial charge in [-0.25, -0.2) is 13.1 Å². The summed E-state index contributed by atoms with van der Waals surface area (Å²) in [7, 11) is -2.09. The number of hydrogen-bond acceptors (Lipinski definition) is 5. The summed E-state index contributed by atoms with van der Waals surface area (Å²) in [5, 5.41) is 5.26. The van der Waals surface area contributed by atoms with Gasteiger partial charge in [-0.15, -0.1) is 11.3 Å². The van der Waals surface area contributed by atoms with E-state index in [2.05, 4.69) is 23.0 Å². The molecule has 0 bridgehead atoms. The largest absolute Gasteiger partial charge is 0.397 e. The van der Waals surface area contributed by atoms with E-state index in [1.807, 2.05) is 5.38 Å². The van der Waals surface area contributed by atoms with Crippen LogP contribution in [0.1, 0.15) is 10.4 Å². The van der Waals surface area contributed by atoms with Crippen molar-refractivity contribution in [2.24, 2.45) is 0 Å². The minimum absolute atomic E-state index is 0.162. The van der Waals surface area contributed by atoms with Crippen molar-refractivity contribution in [2.45, 2.75) is 18.4 Å². The zero-order valence-electron chi connectivity index (χ0n) is 11.3. The van der Waals surface area contributed by atoms with E-state index >= 15 is 0 Å². The van der Waals surface area contributed by atoms with Crippen molar-refractivity contribution in [3.63, 3.8) is 0 Å². The number of hydrogen-bond donors (Lipinski definition) is 3. The van der Waals surface area contributed by atoms with Crippen molar-refractivity contribution in [3.05, 3.63) is 40.1 Å². The number of sulfonamides is 1. The molecule has 0 saturated heterocycles. The third-order valence-corrected chi connectivity index (χ3v) is 5.44. The molecule has 0 radical (unpaired) electrons. The van der Waals surface area contributed by atoms with E-state index in [1.54, 1.807) is 17.4 Å². The van der Waals surface area contributed by atoms with E-state index in [1.165, 1.54) is 29.6 Å². The molecule has 0 atom stereocenters. The first-order valence-electron chi connectivity index (χ1n) is 6.04. The zero-order chi connectivity index (χ0) is 14.8. The van der Waals surface area contributed by atoms with Crippen LogP contribution in [0, 0.1) is 6.92 Å². The lowest BCUT2D eigenvalue weighted by molar-refractivity contribution is 0.588. The van der Waals surface area contributed by atoms with Crippen LogP contribution >= 0.6 is 11.3 Å². The Morgan fingerprint density at radius 1 is 1.30 bits per heavy atom. The van der Waals surface area contributed by atoms with Gasteiger partial charge in [0.2, 0.25) is 10.0 Å². The highest BCUT2D eigenvalue weighted by Gasteiger charge is 2.12. The number of nitrogens with two attached hydrogens (primary N) is 1. The average molecular weight is 311 g/mol. The molecule has 0 fully saturated rings. The van der Waals surface area contributed by atoms with Gasteiger partial charge in [-0.3, -0.25) is 0 Å². The topological polar surface area (TPSA) is 84.2 Å². The Morgan fingerprint density at radius 3 is 2.60 bits per heavy atom. The van der Waals surface area contributed by atoms with Crippen molar-refractivity contribution < 1.29 is 8.42 Å². The average Bonchev–Trinajstić information content (AvgIpc) is 2.83. The molecule has 2 rings (SSSR count). The van der Waals surface area contributed by atoms with Gasteiger partial charge < -0.3 is 11.1 Å². The summed E-state index contributed by atoms with van der Waals surface area (Å²) in [5.41, 5.74) is 8.27. The molecule has 0 saturated carbocycles. The first-order chi connectivity index (χ1) is 9.44. The number of thiophene rings is 1. The van der Waals surface area contributed by atoms with Crippen LogP contribution in [0.25, 0.3) is 0 Å². The zero-order valence-corrected chi connectivity index (χ0v) is 12.9. The fourth-order valence-electron chi connectivity index (χ4n) is 1.75. The first kappa shape index (κ1) is 14.8. The molecule has 0 aliphatic rings. The molecule has 1 aromatic heterocycles. The Hall–Kier alpha value is -1.57. The van der Waals surface area contributed by atoms with Gasteiger partial charge in [0.05, 0.1) is 16.3 Å². The predicted octanol–water partition coefficient (Wildman–Crippen LogP) is 2.16. The van der Waals surface area contributed by atoms with Gasteiger partial charge in [0, 0.05) is 11.4 Å². The summed E-state index contributed by atoms with van der Waals surface area (Å²) in [6, 6.07) is 6.73. The van der Waals surface area contributed by atoms with Gasteiger partial charge in [-0.05, 0) is 49.2 Å². The molecule has 2 aromatic rings. The van der Waals surface area contributed by atoms with E-state index in [-0.39, 0.29) is 4.90 Å². The van der Waals surface area contributed by atoms with Crippen molar-refractivity contribution in [2.75, 3.05) is 18.1 Å². The number of aryl methyl sites for hydroxylation is 1. The standard InChI is InChI=1S/C13H17N3O2S2/c1-9-5-6-19-13(9)8-16-12-4-3-10(7-11(12)14)20(17,18)15-2/h3-7,15-16H,8,14H2,1-2H3. The number of benzene rings is 1. The highest BCUT2D eigenvalue weighted by molar-refractivity contribution is 7.89. The van der Waals surface area contributed by atoms with Gasteiger partial charge in [0.15, 0.2) is 0 Å². The van der Waals surface area contributed by atoms with Gasteiger partial charge in [-0.2, -0.15) is 0 Å². The van der Waals surface area contributed by atoms with Crippen LogP contribution in [0.2, 0.25) is 0 Å². The van der Waals surface area contributed by atoms with E-state index in [9.17, 15) is 8.42 Å². The number of nitrogen functional groups attached to an aromatic ring is 1. The van der Waals surface area contributed by atoms with Crippen LogP contribution in [-0.2, 0) is 16.6 Å². The van der Waals surface area contributed by atoms with Crippen LogP contribution in [-0.4, -0.2) is 15.5 Å². The normalized spacial score (nSPS) is 11.5. The maximum absolute atomic E-state index is 11.7. The summed E-state index contributed by atoms with van der Waals surface area (Å²) in [6.07, 6.45) is 0. The lowest BCUT2D eigenvalue weighted by Gasteiger charge is -2.11. The van der Waals surface area contributed by atoms with Gasteiger partial charge >= 0.3 is 0 Å². The third-order valence-electron chi connectivity index (χ3n) is 3.01. The quantitative estimate of drug-likeness (QED) is 0.739. The summed E-state index contributed by atoms with van der Waals surface area (Å²) < 4.78 is 25.6. The fraction of sp³-hybridized carbons (Fsp3) is 0.231. The van der Waals surface area contributed by atoms with Crippen molar-refractivity contribution in [1.29, 1.82) is 0 Å². The monoisotopic (exact) mass is 311 g/mol. The Bertz CT molecular complexity index is 708. The lowest BCUT2D eigenvalue weighted by Crippen LogP contribution is -2.18. The van der Waals surface area contributed by atoms with E-state index in [0.717, 1.165) is 5.69 Å². The van der Waals surface area contributed by atoms with Gasteiger partial charge in [-0.1, -0.05) is 0 Å². The summed E-state index contributed by atoms with van der Waals surface area (Å²) >= 11 is 1.68. The molecule has 0 unspecified atom stereocenters. The number of rotatable bonds is 5. The minimum Gasteiger partial charge on any atom is -0.397 e. The second kappa shape index (κ2) is 5.82. The summed E-state index contributed by atoms with van der Waals surface area (Å²) in [5.74, 6) is 0. The Balaban J connectivity index is 2.17. The number of anilines is 2. The molecule has 0 aliphatic carbocycles. The van der Waals surface area contributed by atoms with Crippen LogP contribution in [0.4, 0.5) is 11.4 Å². The summed E-state index contributed by atoms with van der Waals surface area (Å²) in [4.78, 5) is 1.40. The van der Waals surface area contributed by atoms with Gasteiger partial charge in [0.1, 0.15) is 0 Å². The molecule has 0 amide bonds. The molecule has 7 heteroatoms. The molecule has 20 heavy (non-hydrogen) atoms. The summed E-state index contributed by atoms with van der Waals surface area (Å²) in [6.45, 7) is 2.73. The van der Waals surface area contributed by atoms with Crippen LogP contribution in [0.3, 0.4) is 0 Å². The van der Waals surface area contributed by atoms with Crippen molar-refractivity contribution in [3.8, 4) is 0 Å². The maximum Gasteiger partial charge on any atom is 0.240 e. The Morgan fingerprint density at radius 2 is 2.05 bits per heavy atom. The molecule has 1 aromatic carbocycles. The molecule has 0 aliphatic heterocycles. The molecule has 4 N–H and O–H groups in total. The third kappa shape index (κ3) is 3.12. The molecule has 108 valence electrons. The van der Waals surface area contributed by atoms with Crippen LogP contribution in [0.15, 0.2) is 34.5 Å². The molecule has 1 heterocycles. The number of nitrogens with one attached hydrogen (secondary N) is 2. The van der Waals surface area contributed by atoms with Crippen LogP contribution in [0.5, 0.6) is 0 Å². The Labute approximate surface area is 122 Å². The molecular formula is C13H17N3O2S2. The Kier molecular flexibility index (Phi) is 4.32. The van der Waals surface area contributed by atoms with E-state index < -0.39 is 10.0 Å². The smallest absolute Gasteiger partial charge is 0.240 e. The predicted molar refractivity (Wildman–Crippen MR) is 83.5 cm³/mol. The highest BCUT2D eigenvalue weighted by atomic mass is 32.2. The minimum atomic E-state index is -3.46. The van der Waals surface area contributed by atoms with Crippen molar-refractivity contribution in [1.82, 2.24) is 4.72 Å². The van der Waals surface area contributed by atoms with Gasteiger partial charge in [0.25, 0.3) is 0 Å². The second-order valence-electron chi connectivity index (χ2n) is 4.34. The van der Waals surface area contributed by atoms with E-state index in [4.69, 9.17) is 5.73 Å².